The molecule has 0 aromatic rings. The fraction of sp³-hybridized carbons (Fsp3) is 0.897. The summed E-state index contributed by atoms with van der Waals surface area (Å²) >= 11 is 0. The van der Waals surface area contributed by atoms with E-state index in [-0.39, 0.29) is 18.6 Å². The molecule has 0 aromatic carbocycles. The van der Waals surface area contributed by atoms with E-state index in [1.165, 1.54) is 161 Å². The molecule has 0 aromatic heterocycles. The summed E-state index contributed by atoms with van der Waals surface area (Å²) in [5.74, 6) is 0. The number of hydrogen-bond donors (Lipinski definition) is 2. The third kappa shape index (κ3) is 29.3. The minimum atomic E-state index is -0.245. The number of rotatable bonds is 34. The highest BCUT2D eigenvalue weighted by Crippen LogP contribution is 2.31. The van der Waals surface area contributed by atoms with Crippen molar-refractivity contribution in [1.82, 2.24) is 0 Å². The highest BCUT2D eigenvalue weighted by molar-refractivity contribution is 4.92. The van der Waals surface area contributed by atoms with E-state index in [4.69, 9.17) is 0 Å². The molecule has 0 saturated heterocycles. The number of allylic oxidation sites excluding steroid dienone is 4. The van der Waals surface area contributed by atoms with Crippen LogP contribution in [0.25, 0.3) is 0 Å². The number of aliphatic hydroxyl groups is 2. The van der Waals surface area contributed by atoms with Crippen LogP contribution in [0.15, 0.2) is 24.3 Å². The zero-order valence-electron chi connectivity index (χ0n) is 28.3. The summed E-state index contributed by atoms with van der Waals surface area (Å²) in [5.41, 5.74) is -0.245. The van der Waals surface area contributed by atoms with E-state index >= 15 is 0 Å². The lowest BCUT2D eigenvalue weighted by atomic mass is 9.79. The van der Waals surface area contributed by atoms with Gasteiger partial charge in [-0.25, -0.2) is 0 Å². The second kappa shape index (κ2) is 33.9. The topological polar surface area (TPSA) is 40.5 Å². The molecule has 0 spiro atoms. The summed E-state index contributed by atoms with van der Waals surface area (Å²) in [4.78, 5) is 0. The van der Waals surface area contributed by atoms with Crippen LogP contribution < -0.4 is 0 Å². The van der Waals surface area contributed by atoms with E-state index in [1.54, 1.807) is 0 Å². The molecule has 41 heavy (non-hydrogen) atoms. The Morgan fingerprint density at radius 3 is 1.02 bits per heavy atom. The molecule has 0 fully saturated rings. The maximum Gasteiger partial charge on any atom is 0.0509 e. The highest BCUT2D eigenvalue weighted by Gasteiger charge is 2.27. The lowest BCUT2D eigenvalue weighted by Crippen LogP contribution is -2.29. The molecule has 0 saturated carbocycles. The van der Waals surface area contributed by atoms with E-state index in [0.29, 0.717) is 0 Å². The van der Waals surface area contributed by atoms with Crippen LogP contribution in [0.5, 0.6) is 0 Å². The van der Waals surface area contributed by atoms with E-state index in [1.807, 2.05) is 0 Å². The largest absolute Gasteiger partial charge is 0.396 e. The Morgan fingerprint density at radius 2 is 0.659 bits per heavy atom. The molecule has 0 unspecified atom stereocenters. The first-order chi connectivity index (χ1) is 20.2. The van der Waals surface area contributed by atoms with Gasteiger partial charge in [0.15, 0.2) is 0 Å². The fourth-order valence-electron chi connectivity index (χ4n) is 6.03. The van der Waals surface area contributed by atoms with E-state index < -0.39 is 0 Å². The molecule has 0 bridgehead atoms. The van der Waals surface area contributed by atoms with Gasteiger partial charge in [0, 0.05) is 5.41 Å². The summed E-state index contributed by atoms with van der Waals surface area (Å²) in [6.07, 6.45) is 48.5. The van der Waals surface area contributed by atoms with Crippen LogP contribution in [0.3, 0.4) is 0 Å². The smallest absolute Gasteiger partial charge is 0.0509 e. The van der Waals surface area contributed by atoms with Gasteiger partial charge in [0.25, 0.3) is 0 Å². The van der Waals surface area contributed by atoms with Crippen LogP contribution in [0, 0.1) is 5.41 Å². The van der Waals surface area contributed by atoms with Crippen molar-refractivity contribution in [3.63, 3.8) is 0 Å². The first-order valence-electron chi connectivity index (χ1n) is 18.8. The van der Waals surface area contributed by atoms with Gasteiger partial charge in [-0.1, -0.05) is 186 Å². The van der Waals surface area contributed by atoms with E-state index in [9.17, 15) is 10.2 Å². The Labute approximate surface area is 259 Å². The van der Waals surface area contributed by atoms with Crippen LogP contribution in [0.2, 0.25) is 0 Å². The van der Waals surface area contributed by atoms with Crippen molar-refractivity contribution in [2.24, 2.45) is 5.41 Å². The third-order valence-electron chi connectivity index (χ3n) is 9.14. The van der Waals surface area contributed by atoms with Gasteiger partial charge >= 0.3 is 0 Å². The summed E-state index contributed by atoms with van der Waals surface area (Å²) in [6, 6.07) is 0. The molecular weight excluding hydrogens is 500 g/mol. The van der Waals surface area contributed by atoms with Crippen LogP contribution in [0.1, 0.15) is 206 Å². The minimum Gasteiger partial charge on any atom is -0.396 e. The maximum atomic E-state index is 10.1. The second-order valence-corrected chi connectivity index (χ2v) is 13.2. The molecule has 0 rings (SSSR count). The molecular formula is C39H76O2. The lowest BCUT2D eigenvalue weighted by molar-refractivity contribution is 0.0353. The summed E-state index contributed by atoms with van der Waals surface area (Å²) in [5, 5.41) is 20.1. The molecule has 2 nitrogen and oxygen atoms in total. The van der Waals surface area contributed by atoms with Crippen LogP contribution in [-0.4, -0.2) is 23.4 Å². The molecule has 2 N–H and O–H groups in total. The van der Waals surface area contributed by atoms with Gasteiger partial charge in [-0.3, -0.25) is 0 Å². The van der Waals surface area contributed by atoms with Crippen LogP contribution in [-0.2, 0) is 0 Å². The standard InChI is InChI=1S/C39H76O2/c1-3-5-7-9-11-13-15-17-19-21-23-25-27-29-31-33-35-39(37-40,38-41)36-34-32-30-28-26-24-22-20-18-16-14-12-10-8-6-4-2/h11,13,17,19,40-41H,3-10,12,14-16,18,20-38H2,1-2H3/b13-11-,19-17-. The monoisotopic (exact) mass is 577 g/mol. The van der Waals surface area contributed by atoms with Crippen molar-refractivity contribution in [3.8, 4) is 0 Å². The highest BCUT2D eigenvalue weighted by atomic mass is 16.3. The molecule has 0 aliphatic heterocycles. The average Bonchev–Trinajstić information content (AvgIpc) is 2.99. The Kier molecular flexibility index (Phi) is 33.4. The zero-order valence-corrected chi connectivity index (χ0v) is 28.3. The molecule has 0 amide bonds. The van der Waals surface area contributed by atoms with Crippen LogP contribution in [0.4, 0.5) is 0 Å². The number of unbranched alkanes of at least 4 members (excludes halogenated alkanes) is 24. The van der Waals surface area contributed by atoms with Gasteiger partial charge < -0.3 is 10.2 Å². The van der Waals surface area contributed by atoms with Gasteiger partial charge in [0.2, 0.25) is 0 Å². The first kappa shape index (κ1) is 40.4. The van der Waals surface area contributed by atoms with Gasteiger partial charge in [-0.15, -0.1) is 0 Å². The SMILES string of the molecule is CCCCC/C=C\C/C=C\CCCCCCCCC(CO)(CO)CCCCCCCCCCCCCCCCCC. The summed E-state index contributed by atoms with van der Waals surface area (Å²) in [6.45, 7) is 4.83. The molecule has 0 atom stereocenters. The fourth-order valence-corrected chi connectivity index (χ4v) is 6.03. The average molecular weight is 577 g/mol. The van der Waals surface area contributed by atoms with Crippen molar-refractivity contribution in [2.75, 3.05) is 13.2 Å². The van der Waals surface area contributed by atoms with Gasteiger partial charge in [0.1, 0.15) is 0 Å². The first-order valence-corrected chi connectivity index (χ1v) is 18.8. The molecule has 0 aliphatic carbocycles. The molecule has 0 aliphatic rings. The van der Waals surface area contributed by atoms with Gasteiger partial charge in [0.05, 0.1) is 13.2 Å². The molecule has 0 radical (unpaired) electrons. The summed E-state index contributed by atoms with van der Waals surface area (Å²) < 4.78 is 0. The zero-order chi connectivity index (χ0) is 30.0. The van der Waals surface area contributed by atoms with Gasteiger partial charge in [-0.2, -0.15) is 0 Å². The Hall–Kier alpha value is -0.600. The molecule has 2 heteroatoms. The lowest BCUT2D eigenvalue weighted by Gasteiger charge is -2.30. The Balaban J connectivity index is 3.58. The molecule has 0 heterocycles. The predicted molar refractivity (Wildman–Crippen MR) is 185 cm³/mol. The van der Waals surface area contributed by atoms with Crippen LogP contribution >= 0.6 is 0 Å². The number of hydrogen-bond acceptors (Lipinski definition) is 2. The second-order valence-electron chi connectivity index (χ2n) is 13.2. The Morgan fingerprint density at radius 1 is 0.366 bits per heavy atom. The van der Waals surface area contributed by atoms with Crippen molar-refractivity contribution >= 4 is 0 Å². The number of aliphatic hydroxyl groups excluding tert-OH is 2. The maximum absolute atomic E-state index is 10.1. The molecule has 244 valence electrons. The van der Waals surface area contributed by atoms with E-state index in [2.05, 4.69) is 38.2 Å². The summed E-state index contributed by atoms with van der Waals surface area (Å²) in [7, 11) is 0. The predicted octanol–water partition coefficient (Wildman–Crippen LogP) is 12.8. The quantitative estimate of drug-likeness (QED) is 0.0590. The Bertz CT molecular complexity index is 534. The third-order valence-corrected chi connectivity index (χ3v) is 9.14. The van der Waals surface area contributed by atoms with Gasteiger partial charge in [-0.05, 0) is 44.9 Å². The minimum absolute atomic E-state index is 0.141. The normalized spacial score (nSPS) is 12.4. The van der Waals surface area contributed by atoms with Crippen molar-refractivity contribution in [1.29, 1.82) is 0 Å². The van der Waals surface area contributed by atoms with Crippen molar-refractivity contribution in [3.05, 3.63) is 24.3 Å². The van der Waals surface area contributed by atoms with Crippen molar-refractivity contribution in [2.45, 2.75) is 206 Å². The van der Waals surface area contributed by atoms with Crippen molar-refractivity contribution < 1.29 is 10.2 Å². The van der Waals surface area contributed by atoms with E-state index in [0.717, 1.165) is 32.1 Å².